The summed E-state index contributed by atoms with van der Waals surface area (Å²) in [5.74, 6) is 0.153. The number of carbonyl (C=O) groups excluding carboxylic acids is 2. The number of urea groups is 1. The third-order valence-corrected chi connectivity index (χ3v) is 5.81. The van der Waals surface area contributed by atoms with Crippen molar-refractivity contribution in [3.8, 4) is 11.5 Å². The Morgan fingerprint density at radius 2 is 1.82 bits per heavy atom. The Kier molecular flexibility index (Phi) is 8.14. The molecule has 0 aliphatic carbocycles. The first-order valence-electron chi connectivity index (χ1n) is 11.1. The van der Waals surface area contributed by atoms with E-state index in [4.69, 9.17) is 9.47 Å². The first-order valence-corrected chi connectivity index (χ1v) is 11.1. The number of amides is 3. The standard InChI is InChI=1S/C25H32FN3O4/c1-16(2)28-25(31)29-14-19(17-9-10-22(32-3)23(12-17)33-4)11-20(15-29)24(30)27-13-18-7-5-6-8-21(18)26/h5-10,12,16,19-20H,11,13-15H2,1-4H3,(H,27,30)(H,28,31)/t19-,20-/m1/s1. The Morgan fingerprint density at radius 3 is 2.48 bits per heavy atom. The number of piperidine rings is 1. The molecule has 1 aliphatic rings. The summed E-state index contributed by atoms with van der Waals surface area (Å²) >= 11 is 0. The fourth-order valence-corrected chi connectivity index (χ4v) is 4.11. The average molecular weight is 458 g/mol. The van der Waals surface area contributed by atoms with Crippen molar-refractivity contribution in [3.63, 3.8) is 0 Å². The Labute approximate surface area is 194 Å². The van der Waals surface area contributed by atoms with Gasteiger partial charge in [-0.1, -0.05) is 24.3 Å². The molecule has 3 rings (SSSR count). The molecule has 8 heteroatoms. The number of hydrogen-bond acceptors (Lipinski definition) is 4. The highest BCUT2D eigenvalue weighted by atomic mass is 19.1. The predicted molar refractivity (Wildman–Crippen MR) is 124 cm³/mol. The highest BCUT2D eigenvalue weighted by molar-refractivity contribution is 5.81. The molecule has 2 aromatic rings. The summed E-state index contributed by atoms with van der Waals surface area (Å²) < 4.78 is 24.7. The summed E-state index contributed by atoms with van der Waals surface area (Å²) in [4.78, 5) is 27.5. The minimum Gasteiger partial charge on any atom is -0.493 e. The quantitative estimate of drug-likeness (QED) is 0.665. The summed E-state index contributed by atoms with van der Waals surface area (Å²) in [6.45, 7) is 4.66. The second-order valence-electron chi connectivity index (χ2n) is 8.56. The summed E-state index contributed by atoms with van der Waals surface area (Å²) in [6, 6.07) is 11.8. The van der Waals surface area contributed by atoms with Gasteiger partial charge in [0.05, 0.1) is 20.1 Å². The number of benzene rings is 2. The van der Waals surface area contributed by atoms with Gasteiger partial charge in [0.1, 0.15) is 5.82 Å². The van der Waals surface area contributed by atoms with Crippen LogP contribution in [0.1, 0.15) is 37.3 Å². The molecule has 0 saturated carbocycles. The minimum atomic E-state index is -0.429. The molecule has 178 valence electrons. The van der Waals surface area contributed by atoms with Gasteiger partial charge in [0, 0.05) is 37.2 Å². The average Bonchev–Trinajstić information content (AvgIpc) is 2.82. The van der Waals surface area contributed by atoms with Gasteiger partial charge < -0.3 is 25.0 Å². The molecule has 0 bridgehead atoms. The van der Waals surface area contributed by atoms with Crippen molar-refractivity contribution in [3.05, 3.63) is 59.4 Å². The van der Waals surface area contributed by atoms with Crippen molar-refractivity contribution in [2.75, 3.05) is 27.3 Å². The van der Waals surface area contributed by atoms with Gasteiger partial charge in [-0.25, -0.2) is 9.18 Å². The molecule has 1 fully saturated rings. The van der Waals surface area contributed by atoms with E-state index in [1.54, 1.807) is 37.3 Å². The lowest BCUT2D eigenvalue weighted by molar-refractivity contribution is -0.126. The largest absolute Gasteiger partial charge is 0.493 e. The van der Waals surface area contributed by atoms with Gasteiger partial charge in [0.25, 0.3) is 0 Å². The van der Waals surface area contributed by atoms with Crippen LogP contribution in [0.4, 0.5) is 9.18 Å². The van der Waals surface area contributed by atoms with E-state index in [-0.39, 0.29) is 36.3 Å². The lowest BCUT2D eigenvalue weighted by Gasteiger charge is -2.38. The Hall–Kier alpha value is -3.29. The molecule has 1 saturated heterocycles. The van der Waals surface area contributed by atoms with Crippen LogP contribution in [0.25, 0.3) is 0 Å². The molecule has 1 aliphatic heterocycles. The van der Waals surface area contributed by atoms with E-state index in [9.17, 15) is 14.0 Å². The second kappa shape index (κ2) is 11.0. The van der Waals surface area contributed by atoms with Gasteiger partial charge >= 0.3 is 6.03 Å². The maximum Gasteiger partial charge on any atom is 0.317 e. The van der Waals surface area contributed by atoms with Crippen LogP contribution >= 0.6 is 0 Å². The van der Waals surface area contributed by atoms with E-state index >= 15 is 0 Å². The van der Waals surface area contributed by atoms with Crippen LogP contribution in [0, 0.1) is 11.7 Å². The normalized spacial score (nSPS) is 18.1. The van der Waals surface area contributed by atoms with Crippen molar-refractivity contribution in [1.29, 1.82) is 0 Å². The van der Waals surface area contributed by atoms with Crippen LogP contribution in [0.3, 0.4) is 0 Å². The maximum absolute atomic E-state index is 14.0. The van der Waals surface area contributed by atoms with Crippen molar-refractivity contribution >= 4 is 11.9 Å². The third-order valence-electron chi connectivity index (χ3n) is 5.81. The molecule has 0 unspecified atom stereocenters. The highest BCUT2D eigenvalue weighted by Gasteiger charge is 2.35. The van der Waals surface area contributed by atoms with E-state index in [2.05, 4.69) is 10.6 Å². The maximum atomic E-state index is 14.0. The molecule has 3 amide bonds. The first-order chi connectivity index (χ1) is 15.8. The van der Waals surface area contributed by atoms with E-state index in [1.165, 1.54) is 6.07 Å². The van der Waals surface area contributed by atoms with Crippen LogP contribution in [0.15, 0.2) is 42.5 Å². The number of halogens is 1. The van der Waals surface area contributed by atoms with Crippen molar-refractivity contribution in [2.45, 2.75) is 38.8 Å². The molecule has 0 spiro atoms. The minimum absolute atomic E-state index is 0.0210. The van der Waals surface area contributed by atoms with E-state index in [1.807, 2.05) is 32.0 Å². The van der Waals surface area contributed by atoms with Crippen LogP contribution < -0.4 is 20.1 Å². The zero-order chi connectivity index (χ0) is 24.0. The molecule has 2 aromatic carbocycles. The fourth-order valence-electron chi connectivity index (χ4n) is 4.11. The second-order valence-corrected chi connectivity index (χ2v) is 8.56. The van der Waals surface area contributed by atoms with Gasteiger partial charge in [-0.05, 0) is 44.0 Å². The molecule has 2 N–H and O–H groups in total. The van der Waals surface area contributed by atoms with E-state index in [0.29, 0.717) is 36.6 Å². The number of rotatable bonds is 7. The number of nitrogens with zero attached hydrogens (tertiary/aromatic N) is 1. The van der Waals surface area contributed by atoms with Gasteiger partial charge in [-0.3, -0.25) is 4.79 Å². The zero-order valence-corrected chi connectivity index (χ0v) is 19.6. The lowest BCUT2D eigenvalue weighted by Crippen LogP contribution is -2.52. The Morgan fingerprint density at radius 1 is 1.09 bits per heavy atom. The molecule has 1 heterocycles. The van der Waals surface area contributed by atoms with Crippen molar-refractivity contribution in [2.24, 2.45) is 5.92 Å². The summed E-state index contributed by atoms with van der Waals surface area (Å²) in [6.07, 6.45) is 0.560. The van der Waals surface area contributed by atoms with Crippen molar-refractivity contribution < 1.29 is 23.5 Å². The molecular weight excluding hydrogens is 425 g/mol. The van der Waals surface area contributed by atoms with Crippen LogP contribution in [0.2, 0.25) is 0 Å². The number of hydrogen-bond donors (Lipinski definition) is 2. The smallest absolute Gasteiger partial charge is 0.317 e. The molecule has 2 atom stereocenters. The van der Waals surface area contributed by atoms with E-state index < -0.39 is 5.92 Å². The molecule has 7 nitrogen and oxygen atoms in total. The zero-order valence-electron chi connectivity index (χ0n) is 19.6. The summed E-state index contributed by atoms with van der Waals surface area (Å²) in [7, 11) is 3.15. The monoisotopic (exact) mass is 457 g/mol. The van der Waals surface area contributed by atoms with Gasteiger partial charge in [-0.15, -0.1) is 0 Å². The topological polar surface area (TPSA) is 79.9 Å². The highest BCUT2D eigenvalue weighted by Crippen LogP contribution is 2.36. The predicted octanol–water partition coefficient (Wildman–Crippen LogP) is 3.68. The number of methoxy groups -OCH3 is 2. The van der Waals surface area contributed by atoms with Gasteiger partial charge in [-0.2, -0.15) is 0 Å². The SMILES string of the molecule is COc1ccc([C@@H]2C[C@@H](C(=O)NCc3ccccc3F)CN(C(=O)NC(C)C)C2)cc1OC. The van der Waals surface area contributed by atoms with Crippen LogP contribution in [-0.4, -0.2) is 50.2 Å². The van der Waals surface area contributed by atoms with Crippen LogP contribution in [-0.2, 0) is 11.3 Å². The molecular formula is C25H32FN3O4. The third kappa shape index (κ3) is 6.15. The van der Waals surface area contributed by atoms with Gasteiger partial charge in [0.15, 0.2) is 11.5 Å². The van der Waals surface area contributed by atoms with Crippen LogP contribution in [0.5, 0.6) is 11.5 Å². The van der Waals surface area contributed by atoms with Crippen molar-refractivity contribution in [1.82, 2.24) is 15.5 Å². The van der Waals surface area contributed by atoms with E-state index in [0.717, 1.165) is 5.56 Å². The summed E-state index contributed by atoms with van der Waals surface area (Å²) in [5.41, 5.74) is 1.38. The Bertz CT molecular complexity index is 982. The molecule has 0 aromatic heterocycles. The number of carbonyl (C=O) groups is 2. The first kappa shape index (κ1) is 24.4. The Balaban J connectivity index is 1.80. The fraction of sp³-hybridized carbons (Fsp3) is 0.440. The molecule has 33 heavy (non-hydrogen) atoms. The summed E-state index contributed by atoms with van der Waals surface area (Å²) in [5, 5.41) is 5.75. The number of ether oxygens (including phenoxy) is 2. The molecule has 0 radical (unpaired) electrons. The number of nitrogens with one attached hydrogen (secondary N) is 2. The lowest BCUT2D eigenvalue weighted by atomic mass is 9.84. The van der Waals surface area contributed by atoms with Gasteiger partial charge in [0.2, 0.25) is 5.91 Å². The number of likely N-dealkylation sites (tertiary alicyclic amines) is 1.